The molecule has 3 nitrogen and oxygen atoms in total. The van der Waals surface area contributed by atoms with Crippen LogP contribution in [0.15, 0.2) is 12.4 Å². The highest BCUT2D eigenvalue weighted by Crippen LogP contribution is 1.96. The number of aryl methyl sites for hydroxylation is 1. The number of imidazole rings is 1. The first-order valence-electron chi connectivity index (χ1n) is 4.48. The largest absolute Gasteiger partial charge is 0.334 e. The summed E-state index contributed by atoms with van der Waals surface area (Å²) in [6, 6.07) is 0. The zero-order valence-corrected chi connectivity index (χ0v) is 8.17. The van der Waals surface area contributed by atoms with Crippen LogP contribution in [0.25, 0.3) is 0 Å². The van der Waals surface area contributed by atoms with Gasteiger partial charge in [0.25, 0.3) is 0 Å². The molecule has 1 N–H and O–H groups in total. The van der Waals surface area contributed by atoms with Crippen molar-refractivity contribution in [3.05, 3.63) is 18.2 Å². The second kappa shape index (κ2) is 5.39. The molecule has 0 aliphatic heterocycles. The predicted molar refractivity (Wildman–Crippen MR) is 53.3 cm³/mol. The highest BCUT2D eigenvalue weighted by molar-refractivity contribution is 5.09. The predicted octanol–water partition coefficient (Wildman–Crippen LogP) is 0.668. The van der Waals surface area contributed by atoms with Gasteiger partial charge >= 0.3 is 0 Å². The van der Waals surface area contributed by atoms with E-state index in [1.165, 1.54) is 0 Å². The first-order valence-corrected chi connectivity index (χ1v) is 4.48. The summed E-state index contributed by atoms with van der Waals surface area (Å²) in [5.41, 5.74) is 0. The zero-order valence-electron chi connectivity index (χ0n) is 8.17. The third-order valence-corrected chi connectivity index (χ3v) is 1.78. The Hall–Kier alpha value is -1.27. The molecule has 1 aromatic heterocycles. The lowest BCUT2D eigenvalue weighted by Gasteiger charge is -1.99. The van der Waals surface area contributed by atoms with Crippen molar-refractivity contribution in [2.45, 2.75) is 19.9 Å². The lowest BCUT2D eigenvalue weighted by Crippen LogP contribution is -2.05. The average molecular weight is 177 g/mol. The summed E-state index contributed by atoms with van der Waals surface area (Å²) in [4.78, 5) is 4.22. The molecule has 0 spiro atoms. The molecule has 70 valence electrons. The van der Waals surface area contributed by atoms with Gasteiger partial charge in [0.05, 0.1) is 13.0 Å². The van der Waals surface area contributed by atoms with Crippen LogP contribution in [0.3, 0.4) is 0 Å². The summed E-state index contributed by atoms with van der Waals surface area (Å²) in [7, 11) is 1.89. The van der Waals surface area contributed by atoms with Gasteiger partial charge in [-0.15, -0.1) is 0 Å². The molecular formula is C10H15N3. The Balaban J connectivity index is 2.50. The van der Waals surface area contributed by atoms with Gasteiger partial charge in [0, 0.05) is 18.9 Å². The van der Waals surface area contributed by atoms with Crippen LogP contribution in [0.1, 0.15) is 12.7 Å². The van der Waals surface area contributed by atoms with Crippen LogP contribution in [0.4, 0.5) is 0 Å². The molecular weight excluding hydrogens is 162 g/mol. The van der Waals surface area contributed by atoms with Gasteiger partial charge in [-0.25, -0.2) is 4.98 Å². The lowest BCUT2D eigenvalue weighted by atomic mass is 10.4. The molecule has 3 heteroatoms. The fourth-order valence-corrected chi connectivity index (χ4v) is 1.09. The number of hydrogen-bond donors (Lipinski definition) is 1. The Kier molecular flexibility index (Phi) is 4.07. The third-order valence-electron chi connectivity index (χ3n) is 1.78. The van der Waals surface area contributed by atoms with E-state index in [4.69, 9.17) is 0 Å². The number of rotatable bonds is 3. The first-order chi connectivity index (χ1) is 6.38. The van der Waals surface area contributed by atoms with Crippen molar-refractivity contribution in [1.82, 2.24) is 14.9 Å². The topological polar surface area (TPSA) is 29.9 Å². The molecule has 0 atom stereocenters. The van der Waals surface area contributed by atoms with Crippen LogP contribution >= 0.6 is 0 Å². The lowest BCUT2D eigenvalue weighted by molar-refractivity contribution is 0.718. The van der Waals surface area contributed by atoms with Crippen molar-refractivity contribution in [2.24, 2.45) is 0 Å². The fourth-order valence-electron chi connectivity index (χ4n) is 1.09. The van der Waals surface area contributed by atoms with Crippen molar-refractivity contribution >= 4 is 0 Å². The van der Waals surface area contributed by atoms with Gasteiger partial charge in [-0.1, -0.05) is 11.8 Å². The summed E-state index contributed by atoms with van der Waals surface area (Å²) in [5, 5.41) is 2.98. The summed E-state index contributed by atoms with van der Waals surface area (Å²) >= 11 is 0. The van der Waals surface area contributed by atoms with Gasteiger partial charge in [0.1, 0.15) is 5.82 Å². The van der Waals surface area contributed by atoms with E-state index in [9.17, 15) is 0 Å². The first kappa shape index (κ1) is 9.82. The molecule has 0 saturated heterocycles. The Labute approximate surface area is 79.2 Å². The Morgan fingerprint density at radius 2 is 2.38 bits per heavy atom. The summed E-state index contributed by atoms with van der Waals surface area (Å²) in [6.07, 6.45) is 4.54. The normalized spacial score (nSPS) is 9.38. The second-order valence-corrected chi connectivity index (χ2v) is 2.69. The minimum atomic E-state index is 0.739. The second-order valence-electron chi connectivity index (χ2n) is 2.69. The van der Waals surface area contributed by atoms with Gasteiger partial charge in [-0.05, 0) is 14.0 Å². The van der Waals surface area contributed by atoms with Gasteiger partial charge in [-0.2, -0.15) is 0 Å². The molecule has 0 saturated carbocycles. The van der Waals surface area contributed by atoms with Crippen LogP contribution in [0, 0.1) is 11.8 Å². The maximum atomic E-state index is 4.22. The van der Waals surface area contributed by atoms with E-state index in [1.807, 2.05) is 19.4 Å². The number of aromatic nitrogens is 2. The average Bonchev–Trinajstić information content (AvgIpc) is 2.60. The van der Waals surface area contributed by atoms with Gasteiger partial charge in [-0.3, -0.25) is 0 Å². The molecule has 0 bridgehead atoms. The van der Waals surface area contributed by atoms with Crippen LogP contribution in [-0.4, -0.2) is 23.1 Å². The highest BCUT2D eigenvalue weighted by Gasteiger charge is 1.96. The molecule has 1 rings (SSSR count). The molecule has 0 amide bonds. The molecule has 0 radical (unpaired) electrons. The molecule has 0 aliphatic carbocycles. The summed E-state index contributed by atoms with van der Waals surface area (Å²) < 4.78 is 2.11. The van der Waals surface area contributed by atoms with Crippen molar-refractivity contribution in [3.8, 4) is 11.8 Å². The molecule has 0 unspecified atom stereocenters. The quantitative estimate of drug-likeness (QED) is 0.688. The number of nitrogens with zero attached hydrogens (tertiary/aromatic N) is 2. The number of hydrogen-bond acceptors (Lipinski definition) is 2. The van der Waals surface area contributed by atoms with E-state index in [2.05, 4.69) is 33.6 Å². The molecule has 1 aromatic rings. The van der Waals surface area contributed by atoms with Crippen LogP contribution in [0.5, 0.6) is 0 Å². The maximum absolute atomic E-state index is 4.22. The van der Waals surface area contributed by atoms with Crippen LogP contribution in [0.2, 0.25) is 0 Å². The van der Waals surface area contributed by atoms with E-state index in [1.54, 1.807) is 0 Å². The van der Waals surface area contributed by atoms with E-state index < -0.39 is 0 Å². The molecule has 13 heavy (non-hydrogen) atoms. The highest BCUT2D eigenvalue weighted by atomic mass is 15.0. The van der Waals surface area contributed by atoms with Gasteiger partial charge in [0.2, 0.25) is 0 Å². The Bertz CT molecular complexity index is 303. The van der Waals surface area contributed by atoms with Crippen LogP contribution < -0.4 is 5.32 Å². The standard InChI is InChI=1S/C10H15N3/c1-3-13-9-8-12-10(13)6-4-5-7-11-2/h8-9,11H,3,6-7H2,1-2H3. The SMILES string of the molecule is CCn1ccnc1CC#CCNC. The smallest absolute Gasteiger partial charge is 0.120 e. The Morgan fingerprint density at radius 1 is 1.54 bits per heavy atom. The van der Waals surface area contributed by atoms with E-state index >= 15 is 0 Å². The van der Waals surface area contributed by atoms with Gasteiger partial charge in [0.15, 0.2) is 0 Å². The van der Waals surface area contributed by atoms with Crippen molar-refractivity contribution in [1.29, 1.82) is 0 Å². The molecule has 0 aromatic carbocycles. The van der Waals surface area contributed by atoms with E-state index in [0.29, 0.717) is 0 Å². The van der Waals surface area contributed by atoms with Crippen molar-refractivity contribution in [2.75, 3.05) is 13.6 Å². The molecule has 0 aliphatic rings. The maximum Gasteiger partial charge on any atom is 0.120 e. The van der Waals surface area contributed by atoms with Crippen molar-refractivity contribution in [3.63, 3.8) is 0 Å². The van der Waals surface area contributed by atoms with Crippen LogP contribution in [-0.2, 0) is 13.0 Å². The van der Waals surface area contributed by atoms with Crippen molar-refractivity contribution < 1.29 is 0 Å². The molecule has 1 heterocycles. The van der Waals surface area contributed by atoms with E-state index in [-0.39, 0.29) is 0 Å². The number of nitrogens with one attached hydrogen (secondary N) is 1. The fraction of sp³-hybridized carbons (Fsp3) is 0.500. The molecule has 0 fully saturated rings. The van der Waals surface area contributed by atoms with E-state index in [0.717, 1.165) is 25.3 Å². The summed E-state index contributed by atoms with van der Waals surface area (Å²) in [5.74, 6) is 7.13. The zero-order chi connectivity index (χ0) is 9.52. The monoisotopic (exact) mass is 177 g/mol. The summed E-state index contributed by atoms with van der Waals surface area (Å²) in [6.45, 7) is 3.81. The minimum Gasteiger partial charge on any atom is -0.334 e. The van der Waals surface area contributed by atoms with Gasteiger partial charge < -0.3 is 9.88 Å². The Morgan fingerprint density at radius 3 is 3.08 bits per heavy atom. The third kappa shape index (κ3) is 2.92. The minimum absolute atomic E-state index is 0.739.